The van der Waals surface area contributed by atoms with E-state index in [4.69, 9.17) is 0 Å². The summed E-state index contributed by atoms with van der Waals surface area (Å²) >= 11 is 0. The van der Waals surface area contributed by atoms with Crippen molar-refractivity contribution in [2.24, 2.45) is 5.92 Å². The third-order valence-electron chi connectivity index (χ3n) is 6.76. The van der Waals surface area contributed by atoms with Crippen LogP contribution >= 0.6 is 0 Å². The van der Waals surface area contributed by atoms with E-state index in [0.29, 0.717) is 0 Å². The van der Waals surface area contributed by atoms with Gasteiger partial charge in [-0.05, 0) is 99.6 Å². The fourth-order valence-electron chi connectivity index (χ4n) is 5.01. The molecule has 1 aliphatic rings. The Kier molecular flexibility index (Phi) is 14.5. The van der Waals surface area contributed by atoms with Crippen molar-refractivity contribution in [2.45, 2.75) is 99.8 Å². The molecule has 1 aliphatic carbocycles. The minimum Gasteiger partial charge on any atom is -0.388 e. The van der Waals surface area contributed by atoms with Gasteiger partial charge >= 0.3 is 0 Å². The summed E-state index contributed by atoms with van der Waals surface area (Å²) in [6.45, 7) is 15.6. The number of methoxy groups -OCH3 is 1. The second kappa shape index (κ2) is 16.5. The fourth-order valence-corrected chi connectivity index (χ4v) is 5.01. The van der Waals surface area contributed by atoms with Crippen LogP contribution < -0.4 is 0 Å². The molecule has 1 atom stereocenters. The topological polar surface area (TPSA) is 26.3 Å². The van der Waals surface area contributed by atoms with Crippen molar-refractivity contribution >= 4 is 11.9 Å². The third kappa shape index (κ3) is 8.76. The number of carbonyl (C=O) groups is 1. The molecule has 0 spiro atoms. The Balaban J connectivity index is 0.00000194. The second-order valence-electron chi connectivity index (χ2n) is 9.94. The average molecular weight is 479 g/mol. The Bertz CT molecular complexity index is 918. The van der Waals surface area contributed by atoms with E-state index in [1.54, 1.807) is 14.2 Å². The van der Waals surface area contributed by atoms with Crippen LogP contribution in [0, 0.1) is 5.92 Å². The Morgan fingerprint density at radius 1 is 0.971 bits per heavy atom. The Hall–Kier alpha value is -2.19. The molecule has 0 aromatic heterocycles. The van der Waals surface area contributed by atoms with Crippen molar-refractivity contribution in [3.05, 3.63) is 74.9 Å². The normalized spacial score (nSPS) is 15.3. The molecular formula is C33H50O2. The van der Waals surface area contributed by atoms with Gasteiger partial charge in [0.1, 0.15) is 6.29 Å². The van der Waals surface area contributed by atoms with Crippen molar-refractivity contribution < 1.29 is 9.53 Å². The first kappa shape index (κ1) is 30.8. The number of allylic oxidation sites excluding steroid dienone is 8. The van der Waals surface area contributed by atoms with Gasteiger partial charge < -0.3 is 9.53 Å². The van der Waals surface area contributed by atoms with Gasteiger partial charge in [0.25, 0.3) is 0 Å². The lowest BCUT2D eigenvalue weighted by Gasteiger charge is -2.26. The molecule has 0 saturated heterocycles. The summed E-state index contributed by atoms with van der Waals surface area (Å²) in [5.74, 6) is -0.0781. The number of aldehydes is 1. The van der Waals surface area contributed by atoms with Gasteiger partial charge in [0.05, 0.1) is 0 Å². The third-order valence-corrected chi connectivity index (χ3v) is 6.76. The van der Waals surface area contributed by atoms with E-state index >= 15 is 0 Å². The predicted molar refractivity (Wildman–Crippen MR) is 154 cm³/mol. The Morgan fingerprint density at radius 3 is 2.03 bits per heavy atom. The maximum atomic E-state index is 12.4. The minimum absolute atomic E-state index is 0.0781. The van der Waals surface area contributed by atoms with Gasteiger partial charge in [-0.15, -0.1) is 0 Å². The number of hydrogen-bond acceptors (Lipinski definition) is 2. The molecule has 1 aromatic carbocycles. The molecule has 0 heterocycles. The molecule has 2 heteroatoms. The van der Waals surface area contributed by atoms with Crippen LogP contribution in [0.25, 0.3) is 5.57 Å². The number of rotatable bonds is 11. The predicted octanol–water partition coefficient (Wildman–Crippen LogP) is 9.46. The quantitative estimate of drug-likeness (QED) is 0.234. The van der Waals surface area contributed by atoms with Crippen LogP contribution in [0.5, 0.6) is 0 Å². The van der Waals surface area contributed by atoms with Gasteiger partial charge in [-0.2, -0.15) is 0 Å². The highest BCUT2D eigenvalue weighted by Crippen LogP contribution is 2.44. The average Bonchev–Trinajstić information content (AvgIpc) is 3.27. The standard InChI is InChI=1S/C31H44O.C2H6O/c1-8-11-14-24(7)30(27(21-32)13-9-2)31(26-19-17-25(10-3)18-20-26)29(22(4)5)28-16-12-15-23(28)6;1-3-2/h14,17-21,27H,8-13,15-16H2,1-7H3;1-2H3/b24-14+,31-30+;. The van der Waals surface area contributed by atoms with E-state index < -0.39 is 0 Å². The van der Waals surface area contributed by atoms with Crippen molar-refractivity contribution in [3.63, 3.8) is 0 Å². The minimum atomic E-state index is -0.0781. The van der Waals surface area contributed by atoms with Crippen molar-refractivity contribution in [3.8, 4) is 0 Å². The van der Waals surface area contributed by atoms with Gasteiger partial charge in [0.15, 0.2) is 0 Å². The van der Waals surface area contributed by atoms with Crippen LogP contribution in [0.2, 0.25) is 0 Å². The molecule has 1 unspecified atom stereocenters. The van der Waals surface area contributed by atoms with Crippen LogP contribution in [-0.4, -0.2) is 20.5 Å². The summed E-state index contributed by atoms with van der Waals surface area (Å²) in [7, 11) is 3.25. The molecule has 0 bridgehead atoms. The van der Waals surface area contributed by atoms with Crippen LogP contribution in [0.15, 0.2) is 63.8 Å². The molecule has 0 amide bonds. The molecule has 0 N–H and O–H groups in total. The van der Waals surface area contributed by atoms with Crippen molar-refractivity contribution in [1.82, 2.24) is 0 Å². The lowest BCUT2D eigenvalue weighted by molar-refractivity contribution is -0.110. The molecule has 0 aliphatic heterocycles. The number of aryl methyl sites for hydroxylation is 1. The number of benzene rings is 1. The molecule has 35 heavy (non-hydrogen) atoms. The molecule has 0 saturated carbocycles. The van der Waals surface area contributed by atoms with E-state index in [2.05, 4.69) is 83.5 Å². The van der Waals surface area contributed by atoms with Crippen molar-refractivity contribution in [2.75, 3.05) is 14.2 Å². The van der Waals surface area contributed by atoms with Gasteiger partial charge in [-0.1, -0.05) is 80.7 Å². The van der Waals surface area contributed by atoms with E-state index in [1.807, 2.05) is 0 Å². The number of hydrogen-bond donors (Lipinski definition) is 0. The van der Waals surface area contributed by atoms with Crippen LogP contribution in [-0.2, 0) is 16.0 Å². The molecule has 0 radical (unpaired) electrons. The summed E-state index contributed by atoms with van der Waals surface area (Å²) in [5, 5.41) is 0. The second-order valence-corrected chi connectivity index (χ2v) is 9.94. The highest BCUT2D eigenvalue weighted by Gasteiger charge is 2.27. The first-order chi connectivity index (χ1) is 16.8. The molecule has 2 rings (SSSR count). The maximum Gasteiger partial charge on any atom is 0.127 e. The highest BCUT2D eigenvalue weighted by atomic mass is 16.4. The molecule has 0 fully saturated rings. The fraction of sp³-hybridized carbons (Fsp3) is 0.545. The molecule has 2 nitrogen and oxygen atoms in total. The maximum absolute atomic E-state index is 12.4. The van der Waals surface area contributed by atoms with Gasteiger partial charge in [0.2, 0.25) is 0 Å². The zero-order valence-corrected chi connectivity index (χ0v) is 24.0. The van der Waals surface area contributed by atoms with Gasteiger partial charge in [-0.3, -0.25) is 0 Å². The number of unbranched alkanes of at least 4 members (excludes halogenated alkanes) is 1. The summed E-state index contributed by atoms with van der Waals surface area (Å²) < 4.78 is 4.25. The zero-order chi connectivity index (χ0) is 26.4. The van der Waals surface area contributed by atoms with Crippen LogP contribution in [0.4, 0.5) is 0 Å². The van der Waals surface area contributed by atoms with E-state index in [9.17, 15) is 4.79 Å². The lowest BCUT2D eigenvalue weighted by Crippen LogP contribution is -2.12. The first-order valence-electron chi connectivity index (χ1n) is 13.5. The van der Waals surface area contributed by atoms with E-state index in [0.717, 1.165) is 38.5 Å². The number of ether oxygens (including phenoxy) is 1. The van der Waals surface area contributed by atoms with E-state index in [1.165, 1.54) is 69.3 Å². The van der Waals surface area contributed by atoms with E-state index in [-0.39, 0.29) is 5.92 Å². The van der Waals surface area contributed by atoms with Crippen molar-refractivity contribution in [1.29, 1.82) is 0 Å². The molecule has 1 aromatic rings. The highest BCUT2D eigenvalue weighted by molar-refractivity contribution is 5.91. The Labute approximate surface area is 216 Å². The van der Waals surface area contributed by atoms with Gasteiger partial charge in [0, 0.05) is 20.1 Å². The molecular weight excluding hydrogens is 428 g/mol. The summed E-state index contributed by atoms with van der Waals surface area (Å²) in [5.41, 5.74) is 12.1. The SMILES string of the molecule is CCC/C=C(C)/C(=C(\C(=C(C)C)C1=C(C)CCC1)c1ccc(CC)cc1)C(C=O)CCC.COC. The monoisotopic (exact) mass is 478 g/mol. The van der Waals surface area contributed by atoms with Crippen LogP contribution in [0.1, 0.15) is 105 Å². The largest absolute Gasteiger partial charge is 0.388 e. The zero-order valence-electron chi connectivity index (χ0n) is 24.0. The summed E-state index contributed by atoms with van der Waals surface area (Å²) in [6.07, 6.45) is 12.2. The van der Waals surface area contributed by atoms with Crippen LogP contribution in [0.3, 0.4) is 0 Å². The summed E-state index contributed by atoms with van der Waals surface area (Å²) in [4.78, 5) is 12.4. The smallest absolute Gasteiger partial charge is 0.127 e. The molecule has 194 valence electrons. The first-order valence-corrected chi connectivity index (χ1v) is 13.5. The Morgan fingerprint density at radius 2 is 1.60 bits per heavy atom. The summed E-state index contributed by atoms with van der Waals surface area (Å²) in [6, 6.07) is 9.07. The van der Waals surface area contributed by atoms with Gasteiger partial charge in [-0.25, -0.2) is 0 Å². The lowest BCUT2D eigenvalue weighted by atomic mass is 9.77. The number of carbonyl (C=O) groups excluding carboxylic acids is 1.